The molecule has 12 nitrogen and oxygen atoms in total. The Labute approximate surface area is 237 Å². The molecule has 0 unspecified atom stereocenters. The van der Waals surface area contributed by atoms with Crippen LogP contribution in [0.15, 0.2) is 48.9 Å². The van der Waals surface area contributed by atoms with Gasteiger partial charge in [0.05, 0.1) is 42.6 Å². The second kappa shape index (κ2) is 11.3. The van der Waals surface area contributed by atoms with Crippen LogP contribution in [0.1, 0.15) is 12.8 Å². The number of rotatable bonds is 8. The highest BCUT2D eigenvalue weighted by molar-refractivity contribution is 7.92. The maximum absolute atomic E-state index is 12.5. The second-order valence-corrected chi connectivity index (χ2v) is 11.8. The summed E-state index contributed by atoms with van der Waals surface area (Å²) in [6, 6.07) is 9.21. The number of hydrogen-bond donors (Lipinski definition) is 3. The van der Waals surface area contributed by atoms with E-state index in [1.54, 1.807) is 19.2 Å². The van der Waals surface area contributed by atoms with Crippen LogP contribution in [0.25, 0.3) is 11.0 Å². The van der Waals surface area contributed by atoms with Crippen LogP contribution in [-0.4, -0.2) is 73.1 Å². The Morgan fingerprint density at radius 1 is 1.07 bits per heavy atom. The van der Waals surface area contributed by atoms with E-state index in [0.29, 0.717) is 46.7 Å². The number of nitrogens with zero attached hydrogens (tertiary/aromatic N) is 6. The van der Waals surface area contributed by atoms with Gasteiger partial charge in [-0.2, -0.15) is 4.98 Å². The molecule has 0 aliphatic carbocycles. The fourth-order valence-corrected chi connectivity index (χ4v) is 5.14. The van der Waals surface area contributed by atoms with Gasteiger partial charge in [-0.1, -0.05) is 11.6 Å². The molecule has 1 saturated heterocycles. The molecule has 3 N–H and O–H groups in total. The Hall–Kier alpha value is -3.94. The van der Waals surface area contributed by atoms with Gasteiger partial charge in [0.1, 0.15) is 22.0 Å². The standard InChI is InChI=1S/C26H29ClN8O4S/c1-34(40(3,37)38)24-20(6-5-19-23(24)29-11-10-28-19)31-25-18(27)15-30-26(33-25)32-21-14-16(4-7-22(21)39-2)35-12-8-17(36)9-13-35/h4-7,10-11,14-15,17,36H,8-9,12-13H2,1-3H3,(H2,30,31,32,33). The molecule has 0 atom stereocenters. The van der Waals surface area contributed by atoms with Gasteiger partial charge in [-0.15, -0.1) is 0 Å². The molecule has 40 heavy (non-hydrogen) atoms. The number of anilines is 6. The minimum absolute atomic E-state index is 0.227. The monoisotopic (exact) mass is 584 g/mol. The van der Waals surface area contributed by atoms with Crippen molar-refractivity contribution in [2.24, 2.45) is 0 Å². The molecule has 4 aromatic rings. The van der Waals surface area contributed by atoms with E-state index in [9.17, 15) is 13.5 Å². The summed E-state index contributed by atoms with van der Waals surface area (Å²) >= 11 is 6.46. The lowest BCUT2D eigenvalue weighted by Gasteiger charge is -2.32. The molecule has 0 bridgehead atoms. The fraction of sp³-hybridized carbons (Fsp3) is 0.308. The van der Waals surface area contributed by atoms with Crippen molar-refractivity contribution in [3.05, 3.63) is 53.9 Å². The van der Waals surface area contributed by atoms with Crippen molar-refractivity contribution in [2.75, 3.05) is 53.3 Å². The first-order valence-corrected chi connectivity index (χ1v) is 14.7. The maximum atomic E-state index is 12.5. The van der Waals surface area contributed by atoms with Gasteiger partial charge in [0.2, 0.25) is 16.0 Å². The lowest BCUT2D eigenvalue weighted by atomic mass is 10.1. The zero-order valence-corrected chi connectivity index (χ0v) is 23.7. The number of hydrogen-bond acceptors (Lipinski definition) is 11. The zero-order valence-electron chi connectivity index (χ0n) is 22.2. The van der Waals surface area contributed by atoms with E-state index in [2.05, 4.69) is 35.5 Å². The molecule has 1 fully saturated rings. The average Bonchev–Trinajstić information content (AvgIpc) is 2.94. The molecular weight excluding hydrogens is 556 g/mol. The van der Waals surface area contributed by atoms with Crippen LogP contribution in [0.5, 0.6) is 5.75 Å². The lowest BCUT2D eigenvalue weighted by molar-refractivity contribution is 0.145. The number of aliphatic hydroxyl groups excluding tert-OH is 1. The molecule has 0 amide bonds. The summed E-state index contributed by atoms with van der Waals surface area (Å²) in [6.07, 6.45) is 6.74. The van der Waals surface area contributed by atoms with Gasteiger partial charge in [0.15, 0.2) is 5.82 Å². The van der Waals surface area contributed by atoms with E-state index in [1.807, 2.05) is 18.2 Å². The van der Waals surface area contributed by atoms with Gasteiger partial charge in [0.25, 0.3) is 0 Å². The minimum atomic E-state index is -3.63. The number of halogens is 1. The molecule has 3 heterocycles. The van der Waals surface area contributed by atoms with Crippen molar-refractivity contribution in [1.82, 2.24) is 19.9 Å². The van der Waals surface area contributed by atoms with Crippen molar-refractivity contribution in [2.45, 2.75) is 18.9 Å². The lowest BCUT2D eigenvalue weighted by Crippen LogP contribution is -2.35. The third-order valence-electron chi connectivity index (χ3n) is 6.68. The van der Waals surface area contributed by atoms with E-state index in [-0.39, 0.29) is 22.9 Å². The molecule has 2 aromatic heterocycles. The molecule has 1 aliphatic heterocycles. The highest BCUT2D eigenvalue weighted by Gasteiger charge is 2.22. The Balaban J connectivity index is 1.48. The van der Waals surface area contributed by atoms with Crippen molar-refractivity contribution in [3.8, 4) is 5.75 Å². The minimum Gasteiger partial charge on any atom is -0.495 e. The quantitative estimate of drug-likeness (QED) is 0.277. The van der Waals surface area contributed by atoms with Gasteiger partial charge in [-0.3, -0.25) is 14.3 Å². The number of aromatic nitrogens is 4. The van der Waals surface area contributed by atoms with Crippen molar-refractivity contribution in [1.29, 1.82) is 0 Å². The molecule has 0 spiro atoms. The maximum Gasteiger partial charge on any atom is 0.232 e. The summed E-state index contributed by atoms with van der Waals surface area (Å²) < 4.78 is 31.6. The molecule has 0 radical (unpaired) electrons. The van der Waals surface area contributed by atoms with Crippen molar-refractivity contribution < 1.29 is 18.3 Å². The van der Waals surface area contributed by atoms with Gasteiger partial charge in [0, 0.05) is 38.2 Å². The van der Waals surface area contributed by atoms with Crippen molar-refractivity contribution in [3.63, 3.8) is 0 Å². The van der Waals surface area contributed by atoms with E-state index < -0.39 is 10.0 Å². The van der Waals surface area contributed by atoms with Crippen LogP contribution >= 0.6 is 11.6 Å². The molecular formula is C26H29ClN8O4S. The number of aliphatic hydroxyl groups is 1. The van der Waals surface area contributed by atoms with E-state index in [1.165, 1.54) is 25.6 Å². The van der Waals surface area contributed by atoms with Crippen LogP contribution in [-0.2, 0) is 10.0 Å². The largest absolute Gasteiger partial charge is 0.495 e. The first-order chi connectivity index (χ1) is 19.1. The molecule has 5 rings (SSSR count). The average molecular weight is 585 g/mol. The van der Waals surface area contributed by atoms with E-state index in [0.717, 1.165) is 29.3 Å². The van der Waals surface area contributed by atoms with Gasteiger partial charge < -0.3 is 25.4 Å². The zero-order chi connectivity index (χ0) is 28.4. The van der Waals surface area contributed by atoms with Crippen LogP contribution in [0.2, 0.25) is 5.02 Å². The van der Waals surface area contributed by atoms with Crippen LogP contribution < -0.4 is 24.6 Å². The fourth-order valence-electron chi connectivity index (χ4n) is 4.48. The first-order valence-electron chi connectivity index (χ1n) is 12.5. The smallest absolute Gasteiger partial charge is 0.232 e. The summed E-state index contributed by atoms with van der Waals surface area (Å²) in [7, 11) is -0.605. The number of sulfonamides is 1. The Kier molecular flexibility index (Phi) is 7.79. The Bertz CT molecular complexity index is 1650. The normalized spacial score (nSPS) is 14.3. The molecule has 2 aromatic carbocycles. The number of nitrogens with one attached hydrogen (secondary N) is 2. The molecule has 0 saturated carbocycles. The predicted octanol–water partition coefficient (Wildman–Crippen LogP) is 3.93. The molecule has 210 valence electrons. The van der Waals surface area contributed by atoms with Gasteiger partial charge >= 0.3 is 0 Å². The topological polar surface area (TPSA) is 146 Å². The summed E-state index contributed by atoms with van der Waals surface area (Å²) in [5.74, 6) is 1.10. The molecule has 1 aliphatic rings. The number of ether oxygens (including phenoxy) is 1. The predicted molar refractivity (Wildman–Crippen MR) is 157 cm³/mol. The van der Waals surface area contributed by atoms with E-state index >= 15 is 0 Å². The summed E-state index contributed by atoms with van der Waals surface area (Å²) in [5, 5.41) is 16.4. The van der Waals surface area contributed by atoms with Gasteiger partial charge in [-0.25, -0.2) is 13.4 Å². The van der Waals surface area contributed by atoms with Crippen molar-refractivity contribution >= 4 is 67.2 Å². The molecule has 14 heteroatoms. The summed E-state index contributed by atoms with van der Waals surface area (Å²) in [4.78, 5) is 19.7. The highest BCUT2D eigenvalue weighted by atomic mass is 35.5. The highest BCUT2D eigenvalue weighted by Crippen LogP contribution is 2.37. The number of fused-ring (bicyclic) bond motifs is 1. The number of methoxy groups -OCH3 is 1. The van der Waals surface area contributed by atoms with E-state index in [4.69, 9.17) is 16.3 Å². The number of piperidine rings is 1. The van der Waals surface area contributed by atoms with Crippen LogP contribution in [0, 0.1) is 0 Å². The summed E-state index contributed by atoms with van der Waals surface area (Å²) in [6.45, 7) is 1.50. The first kappa shape index (κ1) is 27.6. The third kappa shape index (κ3) is 5.81. The Morgan fingerprint density at radius 2 is 1.82 bits per heavy atom. The second-order valence-electron chi connectivity index (χ2n) is 9.36. The SMILES string of the molecule is COc1ccc(N2CCC(O)CC2)cc1Nc1ncc(Cl)c(Nc2ccc3nccnc3c2N(C)S(C)(=O)=O)n1. The summed E-state index contributed by atoms with van der Waals surface area (Å²) in [5.41, 5.74) is 3.28. The van der Waals surface area contributed by atoms with Crippen LogP contribution in [0.4, 0.5) is 34.5 Å². The Morgan fingerprint density at radius 3 is 2.55 bits per heavy atom. The third-order valence-corrected chi connectivity index (χ3v) is 8.14. The van der Waals surface area contributed by atoms with Gasteiger partial charge in [-0.05, 0) is 43.2 Å². The number of benzene rings is 2. The van der Waals surface area contributed by atoms with Crippen LogP contribution in [0.3, 0.4) is 0 Å².